The highest BCUT2D eigenvalue weighted by atomic mass is 32.1. The first kappa shape index (κ1) is 18.5. The average molecular weight is 364 g/mol. The van der Waals surface area contributed by atoms with E-state index in [9.17, 15) is 9.59 Å². The van der Waals surface area contributed by atoms with Crippen LogP contribution in [0.1, 0.15) is 23.0 Å². The minimum Gasteiger partial charge on any atom is -0.493 e. The van der Waals surface area contributed by atoms with Crippen LogP contribution in [0.2, 0.25) is 0 Å². The average Bonchev–Trinajstić information content (AvgIpc) is 3.08. The molecule has 0 aliphatic rings. The predicted octanol–water partition coefficient (Wildman–Crippen LogP) is 2.23. The Morgan fingerprint density at radius 2 is 1.92 bits per heavy atom. The zero-order valence-electron chi connectivity index (χ0n) is 14.2. The molecule has 8 nitrogen and oxygen atoms in total. The Morgan fingerprint density at radius 1 is 1.16 bits per heavy atom. The Bertz CT molecular complexity index is 747. The summed E-state index contributed by atoms with van der Waals surface area (Å²) in [4.78, 5) is 27.7. The monoisotopic (exact) mass is 364 g/mol. The number of urea groups is 1. The van der Waals surface area contributed by atoms with E-state index in [2.05, 4.69) is 20.9 Å². The maximum Gasteiger partial charge on any atom is 0.321 e. The van der Waals surface area contributed by atoms with Gasteiger partial charge in [0.05, 0.1) is 14.2 Å². The molecule has 3 amide bonds. The summed E-state index contributed by atoms with van der Waals surface area (Å²) in [5, 5.41) is 9.92. The van der Waals surface area contributed by atoms with Crippen molar-refractivity contribution in [2.45, 2.75) is 13.5 Å². The number of rotatable bonds is 7. The highest BCUT2D eigenvalue weighted by Crippen LogP contribution is 2.27. The van der Waals surface area contributed by atoms with Crippen molar-refractivity contribution in [3.05, 3.63) is 34.8 Å². The van der Waals surface area contributed by atoms with Crippen molar-refractivity contribution in [2.24, 2.45) is 0 Å². The molecule has 0 radical (unpaired) electrons. The van der Waals surface area contributed by atoms with Crippen LogP contribution in [0.3, 0.4) is 0 Å². The smallest absolute Gasteiger partial charge is 0.321 e. The molecule has 1 heterocycles. The summed E-state index contributed by atoms with van der Waals surface area (Å²) in [5.74, 6) is 0.947. The lowest BCUT2D eigenvalue weighted by Gasteiger charge is -2.10. The van der Waals surface area contributed by atoms with Crippen LogP contribution in [-0.2, 0) is 6.54 Å². The van der Waals surface area contributed by atoms with Gasteiger partial charge in [0.25, 0.3) is 5.91 Å². The second kappa shape index (κ2) is 8.88. The SMILES string of the molecule is CCNC(=O)c1csc(NC(=O)NCc2ccc(OC)c(OC)c2)n1. The van der Waals surface area contributed by atoms with E-state index >= 15 is 0 Å². The van der Waals surface area contributed by atoms with Gasteiger partial charge in [-0.25, -0.2) is 9.78 Å². The number of nitrogens with zero attached hydrogens (tertiary/aromatic N) is 1. The van der Waals surface area contributed by atoms with Crippen LogP contribution >= 0.6 is 11.3 Å². The lowest BCUT2D eigenvalue weighted by atomic mass is 10.2. The van der Waals surface area contributed by atoms with E-state index in [1.165, 1.54) is 11.3 Å². The highest BCUT2D eigenvalue weighted by molar-refractivity contribution is 7.14. The molecule has 1 aromatic carbocycles. The van der Waals surface area contributed by atoms with E-state index < -0.39 is 6.03 Å². The number of nitrogens with one attached hydrogen (secondary N) is 3. The van der Waals surface area contributed by atoms with Crippen molar-refractivity contribution in [3.63, 3.8) is 0 Å². The number of benzene rings is 1. The number of anilines is 1. The van der Waals surface area contributed by atoms with Crippen LogP contribution in [0, 0.1) is 0 Å². The summed E-state index contributed by atoms with van der Waals surface area (Å²) in [7, 11) is 3.11. The minimum atomic E-state index is -0.411. The largest absolute Gasteiger partial charge is 0.493 e. The third kappa shape index (κ3) is 5.08. The van der Waals surface area contributed by atoms with Crippen molar-refractivity contribution < 1.29 is 19.1 Å². The number of hydrogen-bond acceptors (Lipinski definition) is 6. The maximum atomic E-state index is 12.0. The molecule has 0 aliphatic heterocycles. The van der Waals surface area contributed by atoms with Gasteiger partial charge in [-0.2, -0.15) is 0 Å². The first-order valence-electron chi connectivity index (χ1n) is 7.56. The number of aromatic nitrogens is 1. The maximum absolute atomic E-state index is 12.0. The van der Waals surface area contributed by atoms with Gasteiger partial charge in [-0.1, -0.05) is 6.07 Å². The number of methoxy groups -OCH3 is 2. The van der Waals surface area contributed by atoms with Gasteiger partial charge in [0, 0.05) is 18.5 Å². The summed E-state index contributed by atoms with van der Waals surface area (Å²) in [6, 6.07) is 4.98. The number of hydrogen-bond donors (Lipinski definition) is 3. The second-order valence-corrected chi connectivity index (χ2v) is 5.75. The summed E-state index contributed by atoms with van der Waals surface area (Å²) in [6.45, 7) is 2.65. The van der Waals surface area contributed by atoms with Gasteiger partial charge in [0.2, 0.25) is 0 Å². The fourth-order valence-electron chi connectivity index (χ4n) is 2.00. The summed E-state index contributed by atoms with van der Waals surface area (Å²) >= 11 is 1.18. The normalized spacial score (nSPS) is 10.0. The molecule has 0 atom stereocenters. The molecule has 0 saturated heterocycles. The van der Waals surface area contributed by atoms with Crippen LogP contribution in [-0.4, -0.2) is 37.7 Å². The molecule has 9 heteroatoms. The Labute approximate surface area is 149 Å². The van der Waals surface area contributed by atoms with Crippen LogP contribution < -0.4 is 25.4 Å². The van der Waals surface area contributed by atoms with Crippen LogP contribution in [0.5, 0.6) is 11.5 Å². The van der Waals surface area contributed by atoms with Crippen molar-refractivity contribution in [3.8, 4) is 11.5 Å². The van der Waals surface area contributed by atoms with E-state index in [0.717, 1.165) is 5.56 Å². The van der Waals surface area contributed by atoms with Crippen molar-refractivity contribution in [2.75, 3.05) is 26.1 Å². The molecule has 1 aromatic heterocycles. The second-order valence-electron chi connectivity index (χ2n) is 4.89. The van der Waals surface area contributed by atoms with Gasteiger partial charge in [-0.3, -0.25) is 10.1 Å². The molecule has 0 unspecified atom stereocenters. The first-order valence-corrected chi connectivity index (χ1v) is 8.44. The summed E-state index contributed by atoms with van der Waals surface area (Å²) in [5.41, 5.74) is 1.14. The molecule has 3 N–H and O–H groups in total. The van der Waals surface area contributed by atoms with Crippen LogP contribution in [0.15, 0.2) is 23.6 Å². The zero-order valence-corrected chi connectivity index (χ0v) is 15.0. The molecule has 2 aromatic rings. The molecule has 0 aliphatic carbocycles. The minimum absolute atomic E-state index is 0.266. The predicted molar refractivity (Wildman–Crippen MR) is 95.5 cm³/mol. The van der Waals surface area contributed by atoms with Gasteiger partial charge in [-0.05, 0) is 24.6 Å². The van der Waals surface area contributed by atoms with E-state index in [-0.39, 0.29) is 11.6 Å². The van der Waals surface area contributed by atoms with Gasteiger partial charge >= 0.3 is 6.03 Å². The Balaban J connectivity index is 1.89. The van der Waals surface area contributed by atoms with Gasteiger partial charge in [-0.15, -0.1) is 11.3 Å². The fourth-order valence-corrected chi connectivity index (χ4v) is 2.69. The fraction of sp³-hybridized carbons (Fsp3) is 0.312. The van der Waals surface area contributed by atoms with Crippen molar-refractivity contribution >= 4 is 28.4 Å². The molecule has 0 saturated carbocycles. The van der Waals surface area contributed by atoms with Gasteiger partial charge in [0.15, 0.2) is 16.6 Å². The number of ether oxygens (including phenoxy) is 2. The molecule has 0 fully saturated rings. The standard InChI is InChI=1S/C16H20N4O4S/c1-4-17-14(21)11-9-25-16(19-11)20-15(22)18-8-10-5-6-12(23-2)13(7-10)24-3/h5-7,9H,4,8H2,1-3H3,(H,17,21)(H2,18,19,20,22). The molecule has 0 bridgehead atoms. The molecule has 25 heavy (non-hydrogen) atoms. The topological polar surface area (TPSA) is 102 Å². The number of carbonyl (C=O) groups excluding carboxylic acids is 2. The molecule has 134 valence electrons. The van der Waals surface area contributed by atoms with E-state index in [0.29, 0.717) is 29.7 Å². The van der Waals surface area contributed by atoms with Gasteiger partial charge in [0.1, 0.15) is 5.69 Å². The Kier molecular flexibility index (Phi) is 6.58. The number of amides is 3. The van der Waals surface area contributed by atoms with Gasteiger partial charge < -0.3 is 20.1 Å². The molecular formula is C16H20N4O4S. The van der Waals surface area contributed by atoms with Crippen molar-refractivity contribution in [1.82, 2.24) is 15.6 Å². The van der Waals surface area contributed by atoms with E-state index in [1.54, 1.807) is 31.7 Å². The molecule has 0 spiro atoms. The van der Waals surface area contributed by atoms with Crippen LogP contribution in [0.25, 0.3) is 0 Å². The number of carbonyl (C=O) groups is 2. The summed E-state index contributed by atoms with van der Waals surface area (Å²) < 4.78 is 10.4. The lowest BCUT2D eigenvalue weighted by Crippen LogP contribution is -2.28. The highest BCUT2D eigenvalue weighted by Gasteiger charge is 2.12. The van der Waals surface area contributed by atoms with Crippen molar-refractivity contribution in [1.29, 1.82) is 0 Å². The summed E-state index contributed by atoms with van der Waals surface area (Å²) in [6.07, 6.45) is 0. The third-order valence-corrected chi connectivity index (χ3v) is 3.95. The zero-order chi connectivity index (χ0) is 18.2. The van der Waals surface area contributed by atoms with E-state index in [4.69, 9.17) is 9.47 Å². The molecule has 2 rings (SSSR count). The quantitative estimate of drug-likeness (QED) is 0.699. The first-order chi connectivity index (χ1) is 12.1. The Morgan fingerprint density at radius 3 is 2.60 bits per heavy atom. The third-order valence-electron chi connectivity index (χ3n) is 3.20. The number of thiazole rings is 1. The Hall–Kier alpha value is -2.81. The van der Waals surface area contributed by atoms with Crippen LogP contribution in [0.4, 0.5) is 9.93 Å². The van der Waals surface area contributed by atoms with E-state index in [1.807, 2.05) is 13.0 Å². The lowest BCUT2D eigenvalue weighted by molar-refractivity contribution is 0.0951. The molecular weight excluding hydrogens is 344 g/mol.